The lowest BCUT2D eigenvalue weighted by Crippen LogP contribution is -2.42. The van der Waals surface area contributed by atoms with Crippen molar-refractivity contribution in [3.8, 4) is 11.3 Å². The van der Waals surface area contributed by atoms with Gasteiger partial charge in [-0.25, -0.2) is 4.79 Å². The minimum absolute atomic E-state index is 0.159. The molecule has 1 aromatic carbocycles. The first-order valence-electron chi connectivity index (χ1n) is 9.04. The number of nitrogens with one attached hydrogen (secondary N) is 1. The van der Waals surface area contributed by atoms with Gasteiger partial charge < -0.3 is 14.6 Å². The van der Waals surface area contributed by atoms with Gasteiger partial charge in [0.05, 0.1) is 0 Å². The fourth-order valence-electron chi connectivity index (χ4n) is 3.39. The normalized spacial score (nSPS) is 19.8. The third kappa shape index (κ3) is 4.12. The van der Waals surface area contributed by atoms with Crippen LogP contribution < -0.4 is 5.32 Å². The van der Waals surface area contributed by atoms with Crippen molar-refractivity contribution in [1.29, 1.82) is 0 Å². The van der Waals surface area contributed by atoms with E-state index in [1.54, 1.807) is 6.92 Å². The SMILES string of the molecule is Cc1onc(-c2ccccc2)c1C(=O)OCC(=O)N[C@@H]1CCCC[C@@H]1C. The summed E-state index contributed by atoms with van der Waals surface area (Å²) in [5.74, 6) is -0.0505. The molecule has 0 unspecified atom stereocenters. The number of benzene rings is 1. The Balaban J connectivity index is 1.62. The molecule has 26 heavy (non-hydrogen) atoms. The summed E-state index contributed by atoms with van der Waals surface area (Å²) in [6.07, 6.45) is 4.42. The van der Waals surface area contributed by atoms with Gasteiger partial charge in [-0.05, 0) is 25.7 Å². The Labute approximate surface area is 152 Å². The Morgan fingerprint density at radius 3 is 2.69 bits per heavy atom. The lowest BCUT2D eigenvalue weighted by molar-refractivity contribution is -0.125. The highest BCUT2D eigenvalue weighted by molar-refractivity contribution is 5.98. The summed E-state index contributed by atoms with van der Waals surface area (Å²) in [5, 5.41) is 6.94. The van der Waals surface area contributed by atoms with Gasteiger partial charge in [-0.3, -0.25) is 4.79 Å². The number of hydrogen-bond donors (Lipinski definition) is 1. The van der Waals surface area contributed by atoms with Crippen LogP contribution in [-0.4, -0.2) is 29.7 Å². The number of aryl methyl sites for hydroxylation is 1. The first-order chi connectivity index (χ1) is 12.6. The Kier molecular flexibility index (Phi) is 5.71. The predicted molar refractivity (Wildman–Crippen MR) is 96.5 cm³/mol. The molecule has 1 saturated carbocycles. The molecule has 1 aromatic heterocycles. The van der Waals surface area contributed by atoms with Gasteiger partial charge in [0.15, 0.2) is 6.61 Å². The van der Waals surface area contributed by atoms with Crippen LogP contribution in [0.1, 0.15) is 48.7 Å². The second-order valence-corrected chi connectivity index (χ2v) is 6.84. The number of hydrogen-bond acceptors (Lipinski definition) is 5. The molecule has 1 N–H and O–H groups in total. The van der Waals surface area contributed by atoms with Crippen LogP contribution in [0.5, 0.6) is 0 Å². The van der Waals surface area contributed by atoms with Crippen molar-refractivity contribution in [2.45, 2.75) is 45.6 Å². The van der Waals surface area contributed by atoms with Crippen molar-refractivity contribution < 1.29 is 18.8 Å². The van der Waals surface area contributed by atoms with Crippen molar-refractivity contribution in [3.05, 3.63) is 41.7 Å². The van der Waals surface area contributed by atoms with Crippen LogP contribution in [0.3, 0.4) is 0 Å². The monoisotopic (exact) mass is 356 g/mol. The van der Waals surface area contributed by atoms with Crippen molar-refractivity contribution in [3.63, 3.8) is 0 Å². The molecule has 1 heterocycles. The van der Waals surface area contributed by atoms with E-state index in [-0.39, 0.29) is 24.1 Å². The lowest BCUT2D eigenvalue weighted by atomic mass is 9.86. The van der Waals surface area contributed by atoms with Crippen molar-refractivity contribution in [1.82, 2.24) is 10.5 Å². The zero-order valence-corrected chi connectivity index (χ0v) is 15.2. The van der Waals surface area contributed by atoms with Gasteiger partial charge in [0.2, 0.25) is 0 Å². The molecule has 0 aliphatic heterocycles. The number of carbonyl (C=O) groups excluding carboxylic acids is 2. The molecule has 1 aliphatic carbocycles. The Morgan fingerprint density at radius 2 is 1.96 bits per heavy atom. The van der Waals surface area contributed by atoms with Crippen LogP contribution in [0.4, 0.5) is 0 Å². The zero-order chi connectivity index (χ0) is 18.5. The highest BCUT2D eigenvalue weighted by Gasteiger charge is 2.25. The van der Waals surface area contributed by atoms with E-state index in [2.05, 4.69) is 17.4 Å². The standard InChI is InChI=1S/C20H24N2O4/c1-13-8-6-7-11-16(13)21-17(23)12-25-20(24)18-14(2)26-22-19(18)15-9-4-3-5-10-15/h3-5,9-10,13,16H,6-8,11-12H2,1-2H3,(H,21,23)/t13-,16+/m0/s1. The Bertz CT molecular complexity index is 769. The van der Waals surface area contributed by atoms with E-state index in [9.17, 15) is 9.59 Å². The van der Waals surface area contributed by atoms with E-state index >= 15 is 0 Å². The first-order valence-corrected chi connectivity index (χ1v) is 9.04. The molecule has 0 saturated heterocycles. The molecule has 0 bridgehead atoms. The van der Waals surface area contributed by atoms with Crippen LogP contribution in [0.25, 0.3) is 11.3 Å². The van der Waals surface area contributed by atoms with Gasteiger partial charge in [-0.1, -0.05) is 55.3 Å². The van der Waals surface area contributed by atoms with Crippen LogP contribution in [0.15, 0.2) is 34.9 Å². The predicted octanol–water partition coefficient (Wildman–Crippen LogP) is 3.50. The van der Waals surface area contributed by atoms with Gasteiger partial charge in [0.1, 0.15) is 17.0 Å². The van der Waals surface area contributed by atoms with E-state index < -0.39 is 5.97 Å². The number of amides is 1. The maximum atomic E-state index is 12.5. The van der Waals surface area contributed by atoms with Crippen LogP contribution >= 0.6 is 0 Å². The zero-order valence-electron chi connectivity index (χ0n) is 15.2. The van der Waals surface area contributed by atoms with Gasteiger partial charge in [-0.2, -0.15) is 0 Å². The number of aromatic nitrogens is 1. The molecule has 0 spiro atoms. The van der Waals surface area contributed by atoms with Crippen LogP contribution in [-0.2, 0) is 9.53 Å². The highest BCUT2D eigenvalue weighted by Crippen LogP contribution is 2.26. The minimum atomic E-state index is -0.602. The molecule has 1 fully saturated rings. The average Bonchev–Trinajstić information content (AvgIpc) is 3.04. The molecule has 138 valence electrons. The van der Waals surface area contributed by atoms with Gasteiger partial charge in [-0.15, -0.1) is 0 Å². The van der Waals surface area contributed by atoms with Crippen LogP contribution in [0.2, 0.25) is 0 Å². The number of nitrogens with zero attached hydrogens (tertiary/aromatic N) is 1. The molecule has 2 aromatic rings. The number of rotatable bonds is 5. The summed E-state index contributed by atoms with van der Waals surface area (Å²) in [7, 11) is 0. The summed E-state index contributed by atoms with van der Waals surface area (Å²) in [5.41, 5.74) is 1.45. The van der Waals surface area contributed by atoms with Gasteiger partial charge in [0.25, 0.3) is 5.91 Å². The second kappa shape index (κ2) is 8.17. The quantitative estimate of drug-likeness (QED) is 0.829. The van der Waals surface area contributed by atoms with E-state index in [0.29, 0.717) is 17.4 Å². The molecular weight excluding hydrogens is 332 g/mol. The molecule has 6 nitrogen and oxygen atoms in total. The maximum absolute atomic E-state index is 12.5. The minimum Gasteiger partial charge on any atom is -0.452 e. The van der Waals surface area contributed by atoms with Gasteiger partial charge >= 0.3 is 5.97 Å². The van der Waals surface area contributed by atoms with E-state index in [4.69, 9.17) is 9.26 Å². The molecule has 1 aliphatic rings. The van der Waals surface area contributed by atoms with Crippen molar-refractivity contribution in [2.24, 2.45) is 5.92 Å². The number of ether oxygens (including phenoxy) is 1. The molecule has 0 radical (unpaired) electrons. The average molecular weight is 356 g/mol. The van der Waals surface area contributed by atoms with Gasteiger partial charge in [0, 0.05) is 11.6 Å². The van der Waals surface area contributed by atoms with E-state index in [1.807, 2.05) is 30.3 Å². The maximum Gasteiger partial charge on any atom is 0.344 e. The summed E-state index contributed by atoms with van der Waals surface area (Å²) in [6, 6.07) is 9.43. The molecule has 2 atom stereocenters. The highest BCUT2D eigenvalue weighted by atomic mass is 16.5. The Morgan fingerprint density at radius 1 is 1.23 bits per heavy atom. The number of esters is 1. The fourth-order valence-corrected chi connectivity index (χ4v) is 3.39. The molecule has 3 rings (SSSR count). The lowest BCUT2D eigenvalue weighted by Gasteiger charge is -2.29. The second-order valence-electron chi connectivity index (χ2n) is 6.84. The fraction of sp³-hybridized carbons (Fsp3) is 0.450. The summed E-state index contributed by atoms with van der Waals surface area (Å²) < 4.78 is 10.4. The topological polar surface area (TPSA) is 81.4 Å². The third-order valence-electron chi connectivity index (χ3n) is 4.91. The molecular formula is C20H24N2O4. The first kappa shape index (κ1) is 18.2. The molecule has 6 heteroatoms. The largest absolute Gasteiger partial charge is 0.452 e. The van der Waals surface area contributed by atoms with E-state index in [1.165, 1.54) is 6.42 Å². The summed E-state index contributed by atoms with van der Waals surface area (Å²) in [6.45, 7) is 3.49. The summed E-state index contributed by atoms with van der Waals surface area (Å²) >= 11 is 0. The van der Waals surface area contributed by atoms with E-state index in [0.717, 1.165) is 24.8 Å². The Hall–Kier alpha value is -2.63. The molecule has 1 amide bonds. The van der Waals surface area contributed by atoms with Crippen molar-refractivity contribution in [2.75, 3.05) is 6.61 Å². The summed E-state index contributed by atoms with van der Waals surface area (Å²) in [4.78, 5) is 24.6. The smallest absolute Gasteiger partial charge is 0.344 e. The van der Waals surface area contributed by atoms with Crippen molar-refractivity contribution >= 4 is 11.9 Å². The third-order valence-corrected chi connectivity index (χ3v) is 4.91. The van der Waals surface area contributed by atoms with Crippen LogP contribution in [0, 0.1) is 12.8 Å². The number of carbonyl (C=O) groups is 2.